The van der Waals surface area contributed by atoms with Gasteiger partial charge >= 0.3 is 0 Å². The summed E-state index contributed by atoms with van der Waals surface area (Å²) >= 11 is 5.67. The van der Waals surface area contributed by atoms with E-state index < -0.39 is 0 Å². The van der Waals surface area contributed by atoms with Gasteiger partial charge in [-0.1, -0.05) is 11.6 Å². The zero-order valence-electron chi connectivity index (χ0n) is 10.0. The van der Waals surface area contributed by atoms with E-state index in [9.17, 15) is 4.79 Å². The van der Waals surface area contributed by atoms with Crippen molar-refractivity contribution in [2.24, 2.45) is 0 Å². The highest BCUT2D eigenvalue weighted by molar-refractivity contribution is 6.29. The number of halogens is 1. The highest BCUT2D eigenvalue weighted by Crippen LogP contribution is 2.22. The van der Waals surface area contributed by atoms with Gasteiger partial charge in [0.05, 0.1) is 12.4 Å². The quantitative estimate of drug-likeness (QED) is 0.762. The van der Waals surface area contributed by atoms with E-state index in [1.165, 1.54) is 31.8 Å². The van der Waals surface area contributed by atoms with Crippen LogP contribution in [0.15, 0.2) is 12.4 Å². The molecule has 0 N–H and O–H groups in total. The minimum atomic E-state index is -0.0364. The third-order valence-electron chi connectivity index (χ3n) is 3.71. The second-order valence-corrected chi connectivity index (χ2v) is 5.19. The van der Waals surface area contributed by atoms with Crippen LogP contribution in [0, 0.1) is 0 Å². The topological polar surface area (TPSA) is 49.3 Å². The Balaban J connectivity index is 1.71. The van der Waals surface area contributed by atoms with E-state index in [4.69, 9.17) is 11.6 Å². The van der Waals surface area contributed by atoms with E-state index in [2.05, 4.69) is 14.9 Å². The number of hydrogen-bond acceptors (Lipinski definition) is 4. The highest BCUT2D eigenvalue weighted by Gasteiger charge is 2.33. The first kappa shape index (κ1) is 11.9. The monoisotopic (exact) mass is 266 g/mol. The van der Waals surface area contributed by atoms with Gasteiger partial charge < -0.3 is 4.90 Å². The third kappa shape index (κ3) is 2.20. The van der Waals surface area contributed by atoms with Gasteiger partial charge in [0.1, 0.15) is 10.8 Å². The van der Waals surface area contributed by atoms with Crippen molar-refractivity contribution >= 4 is 17.5 Å². The summed E-state index contributed by atoms with van der Waals surface area (Å²) in [5, 5.41) is 0.312. The van der Waals surface area contributed by atoms with E-state index in [-0.39, 0.29) is 5.91 Å². The number of carbonyl (C=O) groups excluding carboxylic acids is 1. The standard InChI is InChI=1S/C12H15ClN4O/c13-11-7-14-10(6-15-11)12(18)17-5-4-16-3-1-2-9(16)8-17/h6-7,9H,1-5,8H2. The molecule has 18 heavy (non-hydrogen) atoms. The summed E-state index contributed by atoms with van der Waals surface area (Å²) in [6.45, 7) is 3.73. The average Bonchev–Trinajstić information content (AvgIpc) is 2.86. The van der Waals surface area contributed by atoms with E-state index in [0.29, 0.717) is 16.9 Å². The van der Waals surface area contributed by atoms with Crippen molar-refractivity contribution in [2.45, 2.75) is 18.9 Å². The van der Waals surface area contributed by atoms with Gasteiger partial charge in [-0.25, -0.2) is 9.97 Å². The Labute approximate surface area is 111 Å². The molecule has 0 aliphatic carbocycles. The number of carbonyl (C=O) groups is 1. The van der Waals surface area contributed by atoms with Crippen molar-refractivity contribution in [3.63, 3.8) is 0 Å². The van der Waals surface area contributed by atoms with Crippen LogP contribution in [-0.4, -0.2) is 57.9 Å². The van der Waals surface area contributed by atoms with Crippen molar-refractivity contribution in [3.05, 3.63) is 23.2 Å². The molecule has 1 amide bonds. The molecule has 3 rings (SSSR count). The minimum absolute atomic E-state index is 0.0364. The van der Waals surface area contributed by atoms with Crippen LogP contribution in [0.25, 0.3) is 0 Å². The zero-order valence-corrected chi connectivity index (χ0v) is 10.8. The summed E-state index contributed by atoms with van der Waals surface area (Å²) in [5.74, 6) is -0.0364. The molecule has 2 fully saturated rings. The van der Waals surface area contributed by atoms with E-state index >= 15 is 0 Å². The summed E-state index contributed by atoms with van der Waals surface area (Å²) in [7, 11) is 0. The number of hydrogen-bond donors (Lipinski definition) is 0. The molecule has 0 spiro atoms. The maximum atomic E-state index is 12.3. The fourth-order valence-electron chi connectivity index (χ4n) is 2.76. The lowest BCUT2D eigenvalue weighted by Gasteiger charge is -2.37. The Morgan fingerprint density at radius 1 is 1.28 bits per heavy atom. The fraction of sp³-hybridized carbons (Fsp3) is 0.583. The fourth-order valence-corrected chi connectivity index (χ4v) is 2.86. The van der Waals surface area contributed by atoms with Crippen LogP contribution in [0.4, 0.5) is 0 Å². The third-order valence-corrected chi connectivity index (χ3v) is 3.91. The van der Waals surface area contributed by atoms with Crippen LogP contribution >= 0.6 is 11.6 Å². The smallest absolute Gasteiger partial charge is 0.274 e. The lowest BCUT2D eigenvalue weighted by molar-refractivity contribution is 0.0565. The maximum absolute atomic E-state index is 12.3. The molecule has 2 aliphatic heterocycles. The molecule has 1 aromatic heterocycles. The Bertz CT molecular complexity index is 450. The molecular formula is C12H15ClN4O. The summed E-state index contributed by atoms with van der Waals surface area (Å²) in [6.07, 6.45) is 5.30. The molecule has 2 aliphatic rings. The molecule has 0 aromatic carbocycles. The van der Waals surface area contributed by atoms with Gasteiger partial charge in [0.2, 0.25) is 0 Å². The Hall–Kier alpha value is -1.20. The largest absolute Gasteiger partial charge is 0.334 e. The SMILES string of the molecule is O=C(c1cnc(Cl)cn1)N1CCN2CCCC2C1. The summed E-state index contributed by atoms with van der Waals surface area (Å²) in [6, 6.07) is 0.531. The average molecular weight is 267 g/mol. The summed E-state index contributed by atoms with van der Waals surface area (Å²) in [5.41, 5.74) is 0.380. The number of nitrogens with zero attached hydrogens (tertiary/aromatic N) is 4. The highest BCUT2D eigenvalue weighted by atomic mass is 35.5. The van der Waals surface area contributed by atoms with Crippen LogP contribution in [0.5, 0.6) is 0 Å². The second-order valence-electron chi connectivity index (χ2n) is 4.81. The number of aromatic nitrogens is 2. The second kappa shape index (κ2) is 4.82. The van der Waals surface area contributed by atoms with Crippen molar-refractivity contribution < 1.29 is 4.79 Å². The molecule has 0 bridgehead atoms. The number of piperazine rings is 1. The first-order chi connectivity index (χ1) is 8.74. The first-order valence-electron chi connectivity index (χ1n) is 6.25. The molecule has 3 heterocycles. The lowest BCUT2D eigenvalue weighted by atomic mass is 10.1. The van der Waals surface area contributed by atoms with Gasteiger partial charge in [0, 0.05) is 25.7 Å². The van der Waals surface area contributed by atoms with Crippen molar-refractivity contribution in [2.75, 3.05) is 26.2 Å². The number of amides is 1. The van der Waals surface area contributed by atoms with E-state index in [1.807, 2.05) is 4.90 Å². The molecule has 1 atom stereocenters. The number of rotatable bonds is 1. The van der Waals surface area contributed by atoms with Gasteiger partial charge in [-0.15, -0.1) is 0 Å². The molecule has 2 saturated heterocycles. The van der Waals surface area contributed by atoms with Crippen LogP contribution in [-0.2, 0) is 0 Å². The molecule has 6 heteroatoms. The molecule has 0 saturated carbocycles. The molecule has 1 aromatic rings. The maximum Gasteiger partial charge on any atom is 0.274 e. The summed E-state index contributed by atoms with van der Waals surface area (Å²) in [4.78, 5) is 24.6. The van der Waals surface area contributed by atoms with Crippen LogP contribution in [0.2, 0.25) is 5.15 Å². The van der Waals surface area contributed by atoms with E-state index in [1.54, 1.807) is 0 Å². The van der Waals surface area contributed by atoms with Crippen molar-refractivity contribution in [1.82, 2.24) is 19.8 Å². The van der Waals surface area contributed by atoms with Gasteiger partial charge in [0.15, 0.2) is 0 Å². The molecular weight excluding hydrogens is 252 g/mol. The van der Waals surface area contributed by atoms with E-state index in [0.717, 1.165) is 19.6 Å². The molecule has 96 valence electrons. The molecule has 5 nitrogen and oxygen atoms in total. The van der Waals surface area contributed by atoms with Gasteiger partial charge in [-0.05, 0) is 19.4 Å². The van der Waals surface area contributed by atoms with Crippen molar-refractivity contribution in [3.8, 4) is 0 Å². The first-order valence-corrected chi connectivity index (χ1v) is 6.63. The van der Waals surface area contributed by atoms with Gasteiger partial charge in [-0.2, -0.15) is 0 Å². The molecule has 0 radical (unpaired) electrons. The lowest BCUT2D eigenvalue weighted by Crippen LogP contribution is -2.52. The van der Waals surface area contributed by atoms with Crippen LogP contribution in [0.3, 0.4) is 0 Å². The van der Waals surface area contributed by atoms with Crippen LogP contribution < -0.4 is 0 Å². The Morgan fingerprint density at radius 3 is 2.94 bits per heavy atom. The zero-order chi connectivity index (χ0) is 12.5. The minimum Gasteiger partial charge on any atom is -0.334 e. The Morgan fingerprint density at radius 2 is 2.17 bits per heavy atom. The molecule has 1 unspecified atom stereocenters. The predicted octanol–water partition coefficient (Wildman–Crippen LogP) is 1.05. The predicted molar refractivity (Wildman–Crippen MR) is 67.5 cm³/mol. The summed E-state index contributed by atoms with van der Waals surface area (Å²) < 4.78 is 0. The van der Waals surface area contributed by atoms with Crippen molar-refractivity contribution in [1.29, 1.82) is 0 Å². The van der Waals surface area contributed by atoms with Gasteiger partial charge in [-0.3, -0.25) is 9.69 Å². The van der Waals surface area contributed by atoms with Crippen LogP contribution in [0.1, 0.15) is 23.3 Å². The Kier molecular flexibility index (Phi) is 3.18. The number of fused-ring (bicyclic) bond motifs is 1. The normalized spacial score (nSPS) is 24.1. The van der Waals surface area contributed by atoms with Gasteiger partial charge in [0.25, 0.3) is 5.91 Å².